The quantitative estimate of drug-likeness (QED) is 0.711. The monoisotopic (exact) mass is 402 g/mol. The van der Waals surface area contributed by atoms with E-state index in [4.69, 9.17) is 0 Å². The van der Waals surface area contributed by atoms with Gasteiger partial charge in [-0.25, -0.2) is 9.78 Å². The maximum Gasteiger partial charge on any atom is 0.332 e. The molecule has 1 aliphatic rings. The molecule has 2 aromatic heterocycles. The molecule has 0 fully saturated rings. The molecule has 8 heteroatoms. The van der Waals surface area contributed by atoms with Crippen molar-refractivity contribution in [3.63, 3.8) is 0 Å². The maximum atomic E-state index is 12.2. The molecule has 0 aliphatic carbocycles. The number of anilines is 2. The fraction of sp³-hybridized carbons (Fsp3) is 0.273. The zero-order valence-corrected chi connectivity index (χ0v) is 16.9. The first-order valence-corrected chi connectivity index (χ1v) is 9.70. The van der Waals surface area contributed by atoms with E-state index in [-0.39, 0.29) is 11.4 Å². The molecule has 1 aromatic carbocycles. The summed E-state index contributed by atoms with van der Waals surface area (Å²) in [5, 5.41) is 12.4. The lowest BCUT2D eigenvalue weighted by atomic mass is 10.00. The highest BCUT2D eigenvalue weighted by Crippen LogP contribution is 2.23. The molecule has 152 valence electrons. The number of pyridine rings is 1. The van der Waals surface area contributed by atoms with Crippen molar-refractivity contribution in [1.82, 2.24) is 14.1 Å². The number of benzene rings is 1. The number of hydrogen-bond donors (Lipinski definition) is 1. The van der Waals surface area contributed by atoms with Gasteiger partial charge in [0.2, 0.25) is 0 Å². The Balaban J connectivity index is 1.50. The van der Waals surface area contributed by atoms with Crippen LogP contribution in [0.25, 0.3) is 0 Å². The molecule has 0 bridgehead atoms. The molecular weight excluding hydrogens is 380 g/mol. The first kappa shape index (κ1) is 19.5. The van der Waals surface area contributed by atoms with Crippen LogP contribution in [0.15, 0.2) is 52.2 Å². The summed E-state index contributed by atoms with van der Waals surface area (Å²) in [6, 6.07) is 14.3. The Bertz CT molecular complexity index is 1250. The Kier molecular flexibility index (Phi) is 5.11. The van der Waals surface area contributed by atoms with Crippen molar-refractivity contribution < 1.29 is 0 Å². The summed E-state index contributed by atoms with van der Waals surface area (Å²) in [7, 11) is 2.89. The molecule has 0 spiro atoms. The molecule has 0 saturated carbocycles. The highest BCUT2D eigenvalue weighted by molar-refractivity contribution is 5.52. The van der Waals surface area contributed by atoms with Gasteiger partial charge < -0.3 is 10.2 Å². The fourth-order valence-electron chi connectivity index (χ4n) is 3.74. The summed E-state index contributed by atoms with van der Waals surface area (Å²) in [4.78, 5) is 31.2. The first-order valence-electron chi connectivity index (χ1n) is 9.70. The number of nitriles is 1. The third-order valence-corrected chi connectivity index (χ3v) is 5.50. The van der Waals surface area contributed by atoms with Gasteiger partial charge >= 0.3 is 5.69 Å². The second-order valence-electron chi connectivity index (χ2n) is 7.36. The predicted molar refractivity (Wildman–Crippen MR) is 114 cm³/mol. The van der Waals surface area contributed by atoms with Gasteiger partial charge in [-0.1, -0.05) is 30.3 Å². The van der Waals surface area contributed by atoms with E-state index in [0.29, 0.717) is 6.54 Å². The van der Waals surface area contributed by atoms with E-state index in [1.165, 1.54) is 29.8 Å². The fourth-order valence-corrected chi connectivity index (χ4v) is 3.74. The molecule has 0 unspecified atom stereocenters. The number of fused-ring (bicyclic) bond motifs is 1. The molecular formula is C22H22N6O2. The van der Waals surface area contributed by atoms with Crippen molar-refractivity contribution in [1.29, 1.82) is 5.26 Å². The summed E-state index contributed by atoms with van der Waals surface area (Å²) in [5.41, 5.74) is 2.42. The molecule has 0 saturated heterocycles. The molecule has 1 N–H and O–H groups in total. The van der Waals surface area contributed by atoms with Gasteiger partial charge in [0.1, 0.15) is 17.7 Å². The Morgan fingerprint density at radius 3 is 2.57 bits per heavy atom. The SMILES string of the molecule is Cn1c(NCc2ccc(N3CCc4ccccc4C3)nc2)c(C#N)c(=O)n(C)c1=O. The number of nitrogens with zero attached hydrogens (tertiary/aromatic N) is 5. The largest absolute Gasteiger partial charge is 0.366 e. The van der Waals surface area contributed by atoms with Crippen LogP contribution in [0.3, 0.4) is 0 Å². The van der Waals surface area contributed by atoms with Gasteiger partial charge in [-0.2, -0.15) is 5.26 Å². The molecule has 0 radical (unpaired) electrons. The smallest absolute Gasteiger partial charge is 0.332 e. The summed E-state index contributed by atoms with van der Waals surface area (Å²) in [6.07, 6.45) is 2.77. The Hall–Kier alpha value is -3.86. The van der Waals surface area contributed by atoms with Crippen molar-refractivity contribution in [3.05, 3.63) is 85.7 Å². The third-order valence-electron chi connectivity index (χ3n) is 5.50. The van der Waals surface area contributed by atoms with E-state index in [1.54, 1.807) is 6.20 Å². The zero-order valence-electron chi connectivity index (χ0n) is 16.9. The van der Waals surface area contributed by atoms with Crippen LogP contribution in [0.2, 0.25) is 0 Å². The molecule has 0 atom stereocenters. The van der Waals surface area contributed by atoms with E-state index in [1.807, 2.05) is 18.2 Å². The lowest BCUT2D eigenvalue weighted by Crippen LogP contribution is -2.39. The average molecular weight is 402 g/mol. The van der Waals surface area contributed by atoms with Crippen LogP contribution in [0.1, 0.15) is 22.3 Å². The molecule has 3 heterocycles. The first-order chi connectivity index (χ1) is 14.5. The summed E-state index contributed by atoms with van der Waals surface area (Å²) in [6.45, 7) is 2.09. The highest BCUT2D eigenvalue weighted by Gasteiger charge is 2.17. The Morgan fingerprint density at radius 1 is 1.10 bits per heavy atom. The normalized spacial score (nSPS) is 12.9. The third kappa shape index (κ3) is 3.46. The van der Waals surface area contributed by atoms with Crippen LogP contribution in [0, 0.1) is 11.3 Å². The van der Waals surface area contributed by atoms with Crippen LogP contribution in [-0.4, -0.2) is 20.7 Å². The molecule has 0 amide bonds. The highest BCUT2D eigenvalue weighted by atomic mass is 16.2. The number of hydrogen-bond acceptors (Lipinski definition) is 6. The van der Waals surface area contributed by atoms with Gasteiger partial charge in [0.15, 0.2) is 5.56 Å². The lowest BCUT2D eigenvalue weighted by molar-refractivity contribution is 0.685. The van der Waals surface area contributed by atoms with Gasteiger partial charge in [-0.05, 0) is 29.2 Å². The predicted octanol–water partition coefficient (Wildman–Crippen LogP) is 1.53. The topological polar surface area (TPSA) is 95.9 Å². The Morgan fingerprint density at radius 2 is 1.87 bits per heavy atom. The second kappa shape index (κ2) is 7.87. The van der Waals surface area contributed by atoms with E-state index < -0.39 is 11.2 Å². The van der Waals surface area contributed by atoms with Crippen LogP contribution < -0.4 is 21.5 Å². The van der Waals surface area contributed by atoms with Crippen molar-refractivity contribution in [2.45, 2.75) is 19.5 Å². The summed E-state index contributed by atoms with van der Waals surface area (Å²) < 4.78 is 2.20. The second-order valence-corrected chi connectivity index (χ2v) is 7.36. The van der Waals surface area contributed by atoms with Gasteiger partial charge in [0, 0.05) is 39.9 Å². The molecule has 8 nitrogen and oxygen atoms in total. The maximum absolute atomic E-state index is 12.2. The summed E-state index contributed by atoms with van der Waals surface area (Å²) >= 11 is 0. The van der Waals surface area contributed by atoms with Crippen molar-refractivity contribution >= 4 is 11.6 Å². The minimum absolute atomic E-state index is 0.0869. The van der Waals surface area contributed by atoms with Crippen LogP contribution in [0.5, 0.6) is 0 Å². The van der Waals surface area contributed by atoms with E-state index in [2.05, 4.69) is 39.5 Å². The van der Waals surface area contributed by atoms with E-state index >= 15 is 0 Å². The van der Waals surface area contributed by atoms with Gasteiger partial charge in [0.05, 0.1) is 0 Å². The van der Waals surface area contributed by atoms with Gasteiger partial charge in [0.25, 0.3) is 5.56 Å². The molecule has 4 rings (SSSR count). The molecule has 1 aliphatic heterocycles. The number of aromatic nitrogens is 3. The minimum Gasteiger partial charge on any atom is -0.366 e. The summed E-state index contributed by atoms with van der Waals surface area (Å²) in [5.74, 6) is 1.12. The minimum atomic E-state index is -0.609. The average Bonchev–Trinajstić information content (AvgIpc) is 2.79. The van der Waals surface area contributed by atoms with Crippen LogP contribution >= 0.6 is 0 Å². The van der Waals surface area contributed by atoms with Crippen LogP contribution in [0.4, 0.5) is 11.6 Å². The van der Waals surface area contributed by atoms with Gasteiger partial charge in [-0.3, -0.25) is 13.9 Å². The zero-order chi connectivity index (χ0) is 21.3. The van der Waals surface area contributed by atoms with Crippen molar-refractivity contribution in [2.24, 2.45) is 14.1 Å². The molecule has 30 heavy (non-hydrogen) atoms. The van der Waals surface area contributed by atoms with Crippen molar-refractivity contribution in [2.75, 3.05) is 16.8 Å². The standard InChI is InChI=1S/C22H22N6O2/c1-26-20(18(11-23)21(29)27(2)22(26)30)25-13-15-7-8-19(24-12-15)28-10-9-16-5-3-4-6-17(16)14-28/h3-8,12,25H,9-10,13-14H2,1-2H3. The number of rotatable bonds is 4. The molecule has 3 aromatic rings. The Labute approximate surface area is 173 Å². The van der Waals surface area contributed by atoms with E-state index in [0.717, 1.165) is 35.5 Å². The lowest BCUT2D eigenvalue weighted by Gasteiger charge is -2.29. The van der Waals surface area contributed by atoms with Crippen LogP contribution in [-0.2, 0) is 33.6 Å². The van der Waals surface area contributed by atoms with Gasteiger partial charge in [-0.15, -0.1) is 0 Å². The van der Waals surface area contributed by atoms with Crippen molar-refractivity contribution in [3.8, 4) is 6.07 Å². The number of nitrogens with one attached hydrogen (secondary N) is 1. The van der Waals surface area contributed by atoms with E-state index in [9.17, 15) is 14.9 Å².